The Hall–Kier alpha value is -1.43. The Balaban J connectivity index is 2.70. The standard InChI is InChI=1S/C15H22FNO3S/c1-11(13-7-5-6-8-14(13)16)9-15(18)17(3)12(2)10-21(4,19)20/h5-8,11-12H,9-10H2,1-4H3. The SMILES string of the molecule is CC(CC(=O)N(C)C(C)CS(C)(=O)=O)c1ccccc1F. The van der Waals surface area contributed by atoms with Crippen LogP contribution in [-0.4, -0.2) is 44.3 Å². The minimum Gasteiger partial charge on any atom is -0.342 e. The van der Waals surface area contributed by atoms with E-state index in [9.17, 15) is 17.6 Å². The van der Waals surface area contributed by atoms with E-state index in [1.165, 1.54) is 11.0 Å². The maximum atomic E-state index is 13.7. The van der Waals surface area contributed by atoms with E-state index in [1.54, 1.807) is 39.1 Å². The highest BCUT2D eigenvalue weighted by Gasteiger charge is 2.22. The van der Waals surface area contributed by atoms with E-state index in [0.717, 1.165) is 6.26 Å². The largest absolute Gasteiger partial charge is 0.342 e. The van der Waals surface area contributed by atoms with Gasteiger partial charge in [0.15, 0.2) is 0 Å². The first-order valence-electron chi connectivity index (χ1n) is 6.79. The van der Waals surface area contributed by atoms with Crippen LogP contribution in [0.5, 0.6) is 0 Å². The van der Waals surface area contributed by atoms with Gasteiger partial charge in [-0.2, -0.15) is 0 Å². The van der Waals surface area contributed by atoms with Crippen molar-refractivity contribution in [2.45, 2.75) is 32.2 Å². The van der Waals surface area contributed by atoms with Crippen LogP contribution in [0.15, 0.2) is 24.3 Å². The van der Waals surface area contributed by atoms with E-state index in [1.807, 2.05) is 0 Å². The summed E-state index contributed by atoms with van der Waals surface area (Å²) >= 11 is 0. The van der Waals surface area contributed by atoms with Gasteiger partial charge in [-0.25, -0.2) is 12.8 Å². The smallest absolute Gasteiger partial charge is 0.223 e. The maximum Gasteiger partial charge on any atom is 0.223 e. The molecule has 1 rings (SSSR count). The van der Waals surface area contributed by atoms with Crippen LogP contribution in [0.4, 0.5) is 4.39 Å². The zero-order chi connectivity index (χ0) is 16.2. The number of rotatable bonds is 6. The third-order valence-electron chi connectivity index (χ3n) is 3.52. The van der Waals surface area contributed by atoms with Crippen molar-refractivity contribution < 1.29 is 17.6 Å². The molecule has 0 aromatic heterocycles. The van der Waals surface area contributed by atoms with Crippen LogP contribution in [0, 0.1) is 5.82 Å². The molecule has 0 heterocycles. The number of carbonyl (C=O) groups excluding carboxylic acids is 1. The molecule has 1 aromatic carbocycles. The Kier molecular flexibility index (Phi) is 5.89. The normalized spacial score (nSPS) is 14.5. The molecule has 2 atom stereocenters. The van der Waals surface area contributed by atoms with Crippen LogP contribution in [0.3, 0.4) is 0 Å². The van der Waals surface area contributed by atoms with Crippen LogP contribution < -0.4 is 0 Å². The molecule has 0 aliphatic rings. The number of carbonyl (C=O) groups is 1. The highest BCUT2D eigenvalue weighted by Crippen LogP contribution is 2.22. The van der Waals surface area contributed by atoms with Crippen molar-refractivity contribution in [2.75, 3.05) is 19.1 Å². The molecule has 0 saturated carbocycles. The Morgan fingerprint density at radius 3 is 2.38 bits per heavy atom. The lowest BCUT2D eigenvalue weighted by Crippen LogP contribution is -2.39. The van der Waals surface area contributed by atoms with Crippen molar-refractivity contribution in [3.8, 4) is 0 Å². The highest BCUT2D eigenvalue weighted by atomic mass is 32.2. The molecular formula is C15H22FNO3S. The van der Waals surface area contributed by atoms with E-state index in [4.69, 9.17) is 0 Å². The summed E-state index contributed by atoms with van der Waals surface area (Å²) in [6, 6.07) is 5.96. The van der Waals surface area contributed by atoms with Crippen LogP contribution in [0.1, 0.15) is 31.7 Å². The van der Waals surface area contributed by atoms with Gasteiger partial charge in [-0.05, 0) is 24.5 Å². The monoisotopic (exact) mass is 315 g/mol. The van der Waals surface area contributed by atoms with Crippen molar-refractivity contribution >= 4 is 15.7 Å². The Bertz CT molecular complexity index is 601. The fraction of sp³-hybridized carbons (Fsp3) is 0.533. The minimum absolute atomic E-state index is 0.0800. The third kappa shape index (κ3) is 5.46. The first kappa shape index (κ1) is 17.6. The molecule has 1 aromatic rings. The van der Waals surface area contributed by atoms with Gasteiger partial charge in [0.05, 0.1) is 5.75 Å². The molecule has 0 fully saturated rings. The Labute approximate surface area is 125 Å². The maximum absolute atomic E-state index is 13.7. The lowest BCUT2D eigenvalue weighted by Gasteiger charge is -2.26. The molecule has 4 nitrogen and oxygen atoms in total. The van der Waals surface area contributed by atoms with Gasteiger partial charge in [0.25, 0.3) is 0 Å². The van der Waals surface area contributed by atoms with Crippen molar-refractivity contribution in [2.24, 2.45) is 0 Å². The second kappa shape index (κ2) is 7.02. The van der Waals surface area contributed by atoms with Gasteiger partial charge in [-0.1, -0.05) is 25.1 Å². The Morgan fingerprint density at radius 2 is 1.86 bits per heavy atom. The van der Waals surface area contributed by atoms with Crippen molar-refractivity contribution in [3.63, 3.8) is 0 Å². The molecule has 6 heteroatoms. The summed E-state index contributed by atoms with van der Waals surface area (Å²) in [5.74, 6) is -0.860. The van der Waals surface area contributed by atoms with Gasteiger partial charge < -0.3 is 4.90 Å². The number of amides is 1. The number of hydrogen-bond donors (Lipinski definition) is 0. The fourth-order valence-electron chi connectivity index (χ4n) is 2.19. The predicted molar refractivity (Wildman–Crippen MR) is 81.4 cm³/mol. The molecular weight excluding hydrogens is 293 g/mol. The lowest BCUT2D eigenvalue weighted by atomic mass is 9.96. The van der Waals surface area contributed by atoms with E-state index in [-0.39, 0.29) is 29.8 Å². The first-order valence-corrected chi connectivity index (χ1v) is 8.85. The highest BCUT2D eigenvalue weighted by molar-refractivity contribution is 7.90. The van der Waals surface area contributed by atoms with Crippen LogP contribution in [-0.2, 0) is 14.6 Å². The number of halogens is 1. The van der Waals surface area contributed by atoms with E-state index < -0.39 is 15.9 Å². The average Bonchev–Trinajstić information content (AvgIpc) is 2.36. The van der Waals surface area contributed by atoms with Crippen molar-refractivity contribution in [1.29, 1.82) is 0 Å². The molecule has 1 amide bonds. The molecule has 0 saturated heterocycles. The number of hydrogen-bond acceptors (Lipinski definition) is 3. The van der Waals surface area contributed by atoms with Crippen LogP contribution >= 0.6 is 0 Å². The van der Waals surface area contributed by atoms with E-state index >= 15 is 0 Å². The fourth-order valence-corrected chi connectivity index (χ4v) is 3.29. The molecule has 0 radical (unpaired) electrons. The molecule has 2 unspecified atom stereocenters. The summed E-state index contributed by atoms with van der Waals surface area (Å²) in [7, 11) is -1.57. The van der Waals surface area contributed by atoms with Gasteiger partial charge >= 0.3 is 0 Å². The number of sulfone groups is 1. The molecule has 21 heavy (non-hydrogen) atoms. The summed E-state index contributed by atoms with van der Waals surface area (Å²) in [6.07, 6.45) is 1.29. The van der Waals surface area contributed by atoms with E-state index in [2.05, 4.69) is 0 Å². The molecule has 0 aliphatic carbocycles. The second-order valence-corrected chi connectivity index (χ2v) is 7.76. The van der Waals surface area contributed by atoms with Gasteiger partial charge in [0, 0.05) is 25.8 Å². The Morgan fingerprint density at radius 1 is 1.29 bits per heavy atom. The van der Waals surface area contributed by atoms with Gasteiger partial charge in [-0.3, -0.25) is 4.79 Å². The van der Waals surface area contributed by atoms with Gasteiger partial charge in [0.2, 0.25) is 5.91 Å². The van der Waals surface area contributed by atoms with E-state index in [0.29, 0.717) is 5.56 Å². The average molecular weight is 315 g/mol. The first-order chi connectivity index (χ1) is 9.61. The third-order valence-corrected chi connectivity index (χ3v) is 4.60. The van der Waals surface area contributed by atoms with Crippen molar-refractivity contribution in [1.82, 2.24) is 4.90 Å². The summed E-state index contributed by atoms with van der Waals surface area (Å²) in [4.78, 5) is 13.6. The number of nitrogens with zero attached hydrogens (tertiary/aromatic N) is 1. The zero-order valence-electron chi connectivity index (χ0n) is 12.8. The van der Waals surface area contributed by atoms with Gasteiger partial charge in [-0.15, -0.1) is 0 Å². The molecule has 118 valence electrons. The lowest BCUT2D eigenvalue weighted by molar-refractivity contribution is -0.131. The summed E-state index contributed by atoms with van der Waals surface area (Å²) < 4.78 is 36.2. The number of benzene rings is 1. The van der Waals surface area contributed by atoms with Crippen molar-refractivity contribution in [3.05, 3.63) is 35.6 Å². The van der Waals surface area contributed by atoms with Crippen LogP contribution in [0.2, 0.25) is 0 Å². The quantitative estimate of drug-likeness (QED) is 0.809. The predicted octanol–water partition coefficient (Wildman–Crippen LogP) is 2.21. The van der Waals surface area contributed by atoms with Crippen LogP contribution in [0.25, 0.3) is 0 Å². The molecule has 0 N–H and O–H groups in total. The summed E-state index contributed by atoms with van der Waals surface area (Å²) in [5.41, 5.74) is 0.495. The molecule has 0 bridgehead atoms. The molecule has 0 aliphatic heterocycles. The zero-order valence-corrected chi connectivity index (χ0v) is 13.7. The van der Waals surface area contributed by atoms with Gasteiger partial charge in [0.1, 0.15) is 15.7 Å². The minimum atomic E-state index is -3.14. The topological polar surface area (TPSA) is 54.5 Å². The summed E-state index contributed by atoms with van der Waals surface area (Å²) in [5, 5.41) is 0. The summed E-state index contributed by atoms with van der Waals surface area (Å²) in [6.45, 7) is 3.47. The molecule has 0 spiro atoms. The second-order valence-electron chi connectivity index (χ2n) is 5.57.